The van der Waals surface area contributed by atoms with Crippen molar-refractivity contribution in [1.29, 1.82) is 0 Å². The van der Waals surface area contributed by atoms with Crippen LogP contribution in [0.5, 0.6) is 0 Å². The fourth-order valence-corrected chi connectivity index (χ4v) is 3.23. The summed E-state index contributed by atoms with van der Waals surface area (Å²) in [5, 5.41) is 1.97. The molecular weight excluding hydrogens is 272 g/mol. The number of carbonyl (C=O) groups excluding carboxylic acids is 2. The Hall–Kier alpha value is -1.75. The number of nitrogens with one attached hydrogen (secondary N) is 1. The maximum absolute atomic E-state index is 11.5. The summed E-state index contributed by atoms with van der Waals surface area (Å²) in [6.07, 6.45) is 4.29. The molecule has 3 rings (SSSR count). The molecular formula is C15H16N2O2S. The molecule has 0 saturated carbocycles. The van der Waals surface area contributed by atoms with Crippen LogP contribution in [-0.4, -0.2) is 24.2 Å². The Morgan fingerprint density at radius 3 is 2.60 bits per heavy atom. The first kappa shape index (κ1) is 13.2. The van der Waals surface area contributed by atoms with E-state index in [2.05, 4.69) is 22.3 Å². The van der Waals surface area contributed by atoms with Gasteiger partial charge in [-0.25, -0.2) is 0 Å². The fraction of sp³-hybridized carbons (Fsp3) is 0.333. The number of aryl methyl sites for hydroxylation is 1. The van der Waals surface area contributed by atoms with Gasteiger partial charge in [0, 0.05) is 18.8 Å². The molecule has 2 fully saturated rings. The number of amides is 2. The van der Waals surface area contributed by atoms with Gasteiger partial charge in [0.05, 0.1) is 4.91 Å². The van der Waals surface area contributed by atoms with Gasteiger partial charge in [0.15, 0.2) is 0 Å². The van der Waals surface area contributed by atoms with Gasteiger partial charge in [0.25, 0.3) is 11.1 Å². The standard InChI is InChI=1S/C15H16N2O2S/c1-10-8-12(17-6-2-3-7-17)5-4-11(10)9-13-14(18)16-15(19)20-13/h4-5,8-9H,2-3,6-7H2,1H3,(H,16,18,19)/b13-9+. The normalized spacial score (nSPS) is 20.9. The summed E-state index contributed by atoms with van der Waals surface area (Å²) in [5.41, 5.74) is 3.34. The Bertz CT molecular complexity index is 604. The number of hydrogen-bond donors (Lipinski definition) is 1. The average Bonchev–Trinajstić information content (AvgIpc) is 3.02. The molecule has 20 heavy (non-hydrogen) atoms. The molecule has 104 valence electrons. The lowest BCUT2D eigenvalue weighted by Crippen LogP contribution is -2.18. The second kappa shape index (κ2) is 5.32. The molecule has 0 aromatic heterocycles. The van der Waals surface area contributed by atoms with E-state index >= 15 is 0 Å². The number of thioether (sulfide) groups is 1. The molecule has 0 unspecified atom stereocenters. The minimum Gasteiger partial charge on any atom is -0.372 e. The smallest absolute Gasteiger partial charge is 0.290 e. The number of carbonyl (C=O) groups is 2. The van der Waals surface area contributed by atoms with Gasteiger partial charge in [0.2, 0.25) is 0 Å². The second-order valence-electron chi connectivity index (χ2n) is 5.09. The van der Waals surface area contributed by atoms with Gasteiger partial charge >= 0.3 is 0 Å². The van der Waals surface area contributed by atoms with E-state index in [1.165, 1.54) is 18.5 Å². The van der Waals surface area contributed by atoms with Crippen molar-refractivity contribution in [3.63, 3.8) is 0 Å². The minimum atomic E-state index is -0.303. The molecule has 0 aliphatic carbocycles. The molecule has 2 amide bonds. The number of nitrogens with zero attached hydrogens (tertiary/aromatic N) is 1. The predicted octanol–water partition coefficient (Wildman–Crippen LogP) is 2.92. The fourth-order valence-electron chi connectivity index (χ4n) is 2.56. The Morgan fingerprint density at radius 1 is 1.25 bits per heavy atom. The summed E-state index contributed by atoms with van der Waals surface area (Å²) in [6.45, 7) is 4.27. The second-order valence-corrected chi connectivity index (χ2v) is 6.10. The molecule has 1 aromatic rings. The molecule has 1 N–H and O–H groups in total. The first-order valence-corrected chi connectivity index (χ1v) is 7.55. The average molecular weight is 288 g/mol. The number of rotatable bonds is 2. The van der Waals surface area contributed by atoms with Crippen LogP contribution in [0.2, 0.25) is 0 Å². The molecule has 0 spiro atoms. The van der Waals surface area contributed by atoms with Crippen LogP contribution < -0.4 is 10.2 Å². The third kappa shape index (κ3) is 2.58. The van der Waals surface area contributed by atoms with E-state index in [-0.39, 0.29) is 11.1 Å². The Balaban J connectivity index is 1.86. The summed E-state index contributed by atoms with van der Waals surface area (Å²) in [7, 11) is 0. The summed E-state index contributed by atoms with van der Waals surface area (Å²) in [5.74, 6) is -0.303. The zero-order valence-corrected chi connectivity index (χ0v) is 12.1. The lowest BCUT2D eigenvalue weighted by atomic mass is 10.1. The number of anilines is 1. The highest BCUT2D eigenvalue weighted by atomic mass is 32.2. The summed E-state index contributed by atoms with van der Waals surface area (Å²) < 4.78 is 0. The number of benzene rings is 1. The van der Waals surface area contributed by atoms with E-state index in [0.717, 1.165) is 36.0 Å². The molecule has 4 nitrogen and oxygen atoms in total. The SMILES string of the molecule is Cc1cc(N2CCCC2)ccc1/C=C1/SC(=O)NC1=O. The largest absolute Gasteiger partial charge is 0.372 e. The van der Waals surface area contributed by atoms with Gasteiger partial charge in [-0.15, -0.1) is 0 Å². The van der Waals surface area contributed by atoms with Gasteiger partial charge < -0.3 is 4.90 Å². The Kier molecular flexibility index (Phi) is 3.53. The molecule has 0 atom stereocenters. The molecule has 2 saturated heterocycles. The van der Waals surface area contributed by atoms with E-state index in [0.29, 0.717) is 4.91 Å². The maximum Gasteiger partial charge on any atom is 0.290 e. The van der Waals surface area contributed by atoms with E-state index in [4.69, 9.17) is 0 Å². The van der Waals surface area contributed by atoms with Crippen molar-refractivity contribution in [1.82, 2.24) is 5.32 Å². The lowest BCUT2D eigenvalue weighted by Gasteiger charge is -2.18. The topological polar surface area (TPSA) is 49.4 Å². The van der Waals surface area contributed by atoms with Gasteiger partial charge in [-0.3, -0.25) is 14.9 Å². The summed E-state index contributed by atoms with van der Waals surface area (Å²) >= 11 is 0.958. The molecule has 0 bridgehead atoms. The monoisotopic (exact) mass is 288 g/mol. The van der Waals surface area contributed by atoms with Crippen LogP contribution >= 0.6 is 11.8 Å². The van der Waals surface area contributed by atoms with E-state index in [1.54, 1.807) is 6.08 Å². The van der Waals surface area contributed by atoms with Gasteiger partial charge in [-0.05, 0) is 60.9 Å². The van der Waals surface area contributed by atoms with Crippen molar-refractivity contribution < 1.29 is 9.59 Å². The zero-order valence-electron chi connectivity index (χ0n) is 11.3. The van der Waals surface area contributed by atoms with Crippen molar-refractivity contribution in [3.05, 3.63) is 34.2 Å². The van der Waals surface area contributed by atoms with Crippen molar-refractivity contribution in [2.75, 3.05) is 18.0 Å². The van der Waals surface area contributed by atoms with Crippen molar-refractivity contribution >= 4 is 34.7 Å². The van der Waals surface area contributed by atoms with Crippen molar-refractivity contribution in [3.8, 4) is 0 Å². The maximum atomic E-state index is 11.5. The van der Waals surface area contributed by atoms with Crippen molar-refractivity contribution in [2.45, 2.75) is 19.8 Å². The van der Waals surface area contributed by atoms with Gasteiger partial charge in [-0.1, -0.05) is 6.07 Å². The molecule has 2 heterocycles. The summed E-state index contributed by atoms with van der Waals surface area (Å²) in [4.78, 5) is 25.5. The third-order valence-corrected chi connectivity index (χ3v) is 4.46. The molecule has 5 heteroatoms. The highest BCUT2D eigenvalue weighted by molar-refractivity contribution is 8.18. The predicted molar refractivity (Wildman–Crippen MR) is 81.7 cm³/mol. The van der Waals surface area contributed by atoms with E-state index < -0.39 is 0 Å². The molecule has 0 radical (unpaired) electrons. The van der Waals surface area contributed by atoms with Crippen LogP contribution in [0.25, 0.3) is 6.08 Å². The lowest BCUT2D eigenvalue weighted by molar-refractivity contribution is -0.115. The quantitative estimate of drug-likeness (QED) is 0.850. The van der Waals surface area contributed by atoms with Gasteiger partial charge in [-0.2, -0.15) is 0 Å². The van der Waals surface area contributed by atoms with Crippen LogP contribution in [0.1, 0.15) is 24.0 Å². The Morgan fingerprint density at radius 2 is 2.00 bits per heavy atom. The van der Waals surface area contributed by atoms with Crippen LogP contribution in [0.4, 0.5) is 10.5 Å². The summed E-state index contributed by atoms with van der Waals surface area (Å²) in [6, 6.07) is 6.26. The number of hydrogen-bond acceptors (Lipinski definition) is 4. The van der Waals surface area contributed by atoms with Crippen LogP contribution in [-0.2, 0) is 4.79 Å². The van der Waals surface area contributed by atoms with E-state index in [1.807, 2.05) is 13.0 Å². The molecule has 2 aliphatic rings. The first-order valence-electron chi connectivity index (χ1n) is 6.74. The van der Waals surface area contributed by atoms with Crippen molar-refractivity contribution in [2.24, 2.45) is 0 Å². The highest BCUT2D eigenvalue weighted by Gasteiger charge is 2.25. The molecule has 2 aliphatic heterocycles. The molecule has 1 aromatic carbocycles. The van der Waals surface area contributed by atoms with Crippen LogP contribution in [0.15, 0.2) is 23.1 Å². The van der Waals surface area contributed by atoms with E-state index in [9.17, 15) is 9.59 Å². The zero-order chi connectivity index (χ0) is 14.1. The minimum absolute atomic E-state index is 0.299. The van der Waals surface area contributed by atoms with Crippen LogP contribution in [0.3, 0.4) is 0 Å². The van der Waals surface area contributed by atoms with Crippen LogP contribution in [0, 0.1) is 6.92 Å². The number of imide groups is 1. The Labute approximate surface area is 122 Å². The van der Waals surface area contributed by atoms with Gasteiger partial charge in [0.1, 0.15) is 0 Å². The highest BCUT2D eigenvalue weighted by Crippen LogP contribution is 2.28. The first-order chi connectivity index (χ1) is 9.63. The third-order valence-electron chi connectivity index (χ3n) is 3.65.